The summed E-state index contributed by atoms with van der Waals surface area (Å²) in [6.45, 7) is 3.15. The molecule has 0 radical (unpaired) electrons. The molecule has 1 aliphatic rings. The lowest BCUT2D eigenvalue weighted by Gasteiger charge is -2.24. The SMILES string of the molecule is O=C(/C=C/N1CCOCC1)c1cccc2ccccc12. The molecule has 2 aromatic rings. The number of ether oxygens (including phenoxy) is 1. The van der Waals surface area contributed by atoms with Gasteiger partial charge in [-0.05, 0) is 10.8 Å². The van der Waals surface area contributed by atoms with Crippen LogP contribution in [0.25, 0.3) is 10.8 Å². The molecule has 0 atom stereocenters. The molecule has 3 heteroatoms. The fraction of sp³-hybridized carbons (Fsp3) is 0.235. The molecule has 1 fully saturated rings. The zero-order chi connectivity index (χ0) is 13.8. The smallest absolute Gasteiger partial charge is 0.187 e. The molecule has 0 aromatic heterocycles. The molecule has 0 amide bonds. The number of rotatable bonds is 3. The Hall–Kier alpha value is -2.13. The van der Waals surface area contributed by atoms with Crippen LogP contribution < -0.4 is 0 Å². The highest BCUT2D eigenvalue weighted by atomic mass is 16.5. The summed E-state index contributed by atoms with van der Waals surface area (Å²) in [4.78, 5) is 14.5. The van der Waals surface area contributed by atoms with Crippen molar-refractivity contribution in [2.45, 2.75) is 0 Å². The number of morpholine rings is 1. The molecule has 3 nitrogen and oxygen atoms in total. The van der Waals surface area contributed by atoms with Crippen LogP contribution in [0.15, 0.2) is 54.7 Å². The molecule has 2 aromatic carbocycles. The second-order valence-corrected chi connectivity index (χ2v) is 4.86. The molecule has 1 aliphatic heterocycles. The van der Waals surface area contributed by atoms with Gasteiger partial charge in [-0.15, -0.1) is 0 Å². The number of hydrogen-bond donors (Lipinski definition) is 0. The molecule has 0 bridgehead atoms. The molecule has 1 heterocycles. The van der Waals surface area contributed by atoms with Crippen molar-refractivity contribution in [2.24, 2.45) is 0 Å². The zero-order valence-corrected chi connectivity index (χ0v) is 11.3. The van der Waals surface area contributed by atoms with Gasteiger partial charge in [-0.3, -0.25) is 4.79 Å². The maximum atomic E-state index is 12.4. The first-order chi connectivity index (χ1) is 9.84. The quantitative estimate of drug-likeness (QED) is 0.632. The Morgan fingerprint density at radius 1 is 1.05 bits per heavy atom. The fourth-order valence-electron chi connectivity index (χ4n) is 2.43. The third kappa shape index (κ3) is 2.73. The molecule has 0 spiro atoms. The van der Waals surface area contributed by atoms with Crippen molar-refractivity contribution in [1.82, 2.24) is 4.90 Å². The van der Waals surface area contributed by atoms with Crippen molar-refractivity contribution in [3.8, 4) is 0 Å². The third-order valence-electron chi connectivity index (χ3n) is 3.54. The molecule has 0 saturated carbocycles. The van der Waals surface area contributed by atoms with Gasteiger partial charge in [0, 0.05) is 30.9 Å². The Labute approximate surface area is 118 Å². The highest BCUT2D eigenvalue weighted by molar-refractivity contribution is 6.13. The molecule has 0 unspecified atom stereocenters. The van der Waals surface area contributed by atoms with Crippen molar-refractivity contribution < 1.29 is 9.53 Å². The van der Waals surface area contributed by atoms with E-state index in [-0.39, 0.29) is 5.78 Å². The van der Waals surface area contributed by atoms with E-state index in [1.165, 1.54) is 0 Å². The maximum absolute atomic E-state index is 12.4. The van der Waals surface area contributed by atoms with Crippen molar-refractivity contribution in [2.75, 3.05) is 26.3 Å². The molecule has 1 saturated heterocycles. The second kappa shape index (κ2) is 5.88. The summed E-state index contributed by atoms with van der Waals surface area (Å²) in [7, 11) is 0. The van der Waals surface area contributed by atoms with Crippen molar-refractivity contribution in [1.29, 1.82) is 0 Å². The predicted molar refractivity (Wildman–Crippen MR) is 79.8 cm³/mol. The molecule has 3 rings (SSSR count). The Bertz CT molecular complexity index is 637. The lowest BCUT2D eigenvalue weighted by atomic mass is 10.0. The van der Waals surface area contributed by atoms with E-state index in [0.29, 0.717) is 0 Å². The normalized spacial score (nSPS) is 15.9. The van der Waals surface area contributed by atoms with Gasteiger partial charge in [-0.2, -0.15) is 0 Å². The van der Waals surface area contributed by atoms with Gasteiger partial charge in [0.2, 0.25) is 0 Å². The van der Waals surface area contributed by atoms with Crippen LogP contribution in [0.3, 0.4) is 0 Å². The summed E-state index contributed by atoms with van der Waals surface area (Å²) >= 11 is 0. The fourth-order valence-corrected chi connectivity index (χ4v) is 2.43. The van der Waals surface area contributed by atoms with Gasteiger partial charge in [0.05, 0.1) is 13.2 Å². The highest BCUT2D eigenvalue weighted by Crippen LogP contribution is 2.19. The number of carbonyl (C=O) groups is 1. The molecule has 0 aliphatic carbocycles. The van der Waals surface area contributed by atoms with E-state index in [4.69, 9.17) is 4.74 Å². The first-order valence-electron chi connectivity index (χ1n) is 6.87. The number of allylic oxidation sites excluding steroid dienone is 1. The zero-order valence-electron chi connectivity index (χ0n) is 11.3. The Kier molecular flexibility index (Phi) is 3.79. The molecule has 20 heavy (non-hydrogen) atoms. The highest BCUT2D eigenvalue weighted by Gasteiger charge is 2.09. The number of benzene rings is 2. The third-order valence-corrected chi connectivity index (χ3v) is 3.54. The summed E-state index contributed by atoms with van der Waals surface area (Å²) < 4.78 is 5.29. The molecule has 102 valence electrons. The number of ketones is 1. The van der Waals surface area contributed by atoms with E-state index in [1.54, 1.807) is 6.08 Å². The summed E-state index contributed by atoms with van der Waals surface area (Å²) in [6.07, 6.45) is 3.54. The minimum Gasteiger partial charge on any atom is -0.378 e. The minimum atomic E-state index is 0.0493. The Balaban J connectivity index is 1.83. The Morgan fingerprint density at radius 2 is 1.80 bits per heavy atom. The number of fused-ring (bicyclic) bond motifs is 1. The summed E-state index contributed by atoms with van der Waals surface area (Å²) in [5, 5.41) is 2.10. The van der Waals surface area contributed by atoms with Crippen LogP contribution >= 0.6 is 0 Å². The maximum Gasteiger partial charge on any atom is 0.187 e. The first kappa shape index (κ1) is 12.9. The van der Waals surface area contributed by atoms with Crippen LogP contribution in [-0.4, -0.2) is 37.0 Å². The second-order valence-electron chi connectivity index (χ2n) is 4.86. The lowest BCUT2D eigenvalue weighted by molar-refractivity contribution is 0.0591. The van der Waals surface area contributed by atoms with Gasteiger partial charge in [-0.25, -0.2) is 0 Å². The van der Waals surface area contributed by atoms with E-state index in [2.05, 4.69) is 4.90 Å². The van der Waals surface area contributed by atoms with Crippen LogP contribution in [0.1, 0.15) is 10.4 Å². The van der Waals surface area contributed by atoms with Gasteiger partial charge in [0.1, 0.15) is 0 Å². The van der Waals surface area contributed by atoms with E-state index in [0.717, 1.165) is 42.6 Å². The van der Waals surface area contributed by atoms with E-state index >= 15 is 0 Å². The summed E-state index contributed by atoms with van der Waals surface area (Å²) in [5.74, 6) is 0.0493. The summed E-state index contributed by atoms with van der Waals surface area (Å²) in [6, 6.07) is 13.8. The monoisotopic (exact) mass is 267 g/mol. The minimum absolute atomic E-state index is 0.0493. The standard InChI is InChI=1S/C17H17NO2/c19-17(8-9-18-10-12-20-13-11-18)16-7-3-5-14-4-1-2-6-15(14)16/h1-9H,10-13H2/b9-8+. The number of hydrogen-bond acceptors (Lipinski definition) is 3. The van der Waals surface area contributed by atoms with Crippen LogP contribution in [-0.2, 0) is 4.74 Å². The Morgan fingerprint density at radius 3 is 2.65 bits per heavy atom. The van der Waals surface area contributed by atoms with Crippen LogP contribution in [0.4, 0.5) is 0 Å². The van der Waals surface area contributed by atoms with E-state index in [1.807, 2.05) is 48.7 Å². The van der Waals surface area contributed by atoms with Gasteiger partial charge in [0.25, 0.3) is 0 Å². The number of carbonyl (C=O) groups excluding carboxylic acids is 1. The van der Waals surface area contributed by atoms with Crippen molar-refractivity contribution in [3.63, 3.8) is 0 Å². The van der Waals surface area contributed by atoms with E-state index in [9.17, 15) is 4.79 Å². The van der Waals surface area contributed by atoms with Gasteiger partial charge in [0.15, 0.2) is 5.78 Å². The molecular formula is C17H17NO2. The van der Waals surface area contributed by atoms with Crippen molar-refractivity contribution in [3.05, 3.63) is 60.3 Å². The van der Waals surface area contributed by atoms with Gasteiger partial charge < -0.3 is 9.64 Å². The molecule has 0 N–H and O–H groups in total. The number of nitrogens with zero attached hydrogens (tertiary/aromatic N) is 1. The topological polar surface area (TPSA) is 29.5 Å². The largest absolute Gasteiger partial charge is 0.378 e. The van der Waals surface area contributed by atoms with Crippen molar-refractivity contribution >= 4 is 16.6 Å². The van der Waals surface area contributed by atoms with Crippen LogP contribution in [0.2, 0.25) is 0 Å². The lowest BCUT2D eigenvalue weighted by Crippen LogP contribution is -2.32. The van der Waals surface area contributed by atoms with Crippen LogP contribution in [0, 0.1) is 0 Å². The van der Waals surface area contributed by atoms with E-state index < -0.39 is 0 Å². The average molecular weight is 267 g/mol. The van der Waals surface area contributed by atoms with Crippen LogP contribution in [0.5, 0.6) is 0 Å². The molecular weight excluding hydrogens is 250 g/mol. The average Bonchev–Trinajstić information content (AvgIpc) is 2.53. The summed E-state index contributed by atoms with van der Waals surface area (Å²) in [5.41, 5.74) is 0.757. The van der Waals surface area contributed by atoms with Gasteiger partial charge >= 0.3 is 0 Å². The first-order valence-corrected chi connectivity index (χ1v) is 6.87. The predicted octanol–water partition coefficient (Wildman–Crippen LogP) is 2.87. The van der Waals surface area contributed by atoms with Gasteiger partial charge in [-0.1, -0.05) is 42.5 Å².